The second kappa shape index (κ2) is 10.8. The molecule has 0 fully saturated rings. The average molecular weight is 396 g/mol. The Morgan fingerprint density at radius 3 is 2.07 bits per heavy atom. The molecule has 2 N–H and O–H groups in total. The summed E-state index contributed by atoms with van der Waals surface area (Å²) in [6, 6.07) is 14.0. The van der Waals surface area contributed by atoms with Crippen LogP contribution >= 0.6 is 0 Å². The molecule has 0 aliphatic carbocycles. The summed E-state index contributed by atoms with van der Waals surface area (Å²) in [5.41, 5.74) is 3.02. The maximum atomic E-state index is 12.0. The van der Waals surface area contributed by atoms with Gasteiger partial charge in [-0.15, -0.1) is 0 Å². The molecule has 0 saturated heterocycles. The molecule has 2 rings (SSSR count). The molecule has 0 aliphatic rings. The van der Waals surface area contributed by atoms with Crippen LogP contribution in [0.5, 0.6) is 0 Å². The molecule has 2 aromatic rings. The SMILES string of the molecule is CCc1ccc(C(=O)COC(=O)CNC(=O)CNC(=O)c2ccc(C)cc2)cc1. The van der Waals surface area contributed by atoms with Crippen molar-refractivity contribution < 1.29 is 23.9 Å². The first-order chi connectivity index (χ1) is 13.9. The Kier molecular flexibility index (Phi) is 8.09. The molecule has 0 radical (unpaired) electrons. The third kappa shape index (κ3) is 7.21. The monoisotopic (exact) mass is 396 g/mol. The third-order valence-corrected chi connectivity index (χ3v) is 4.20. The Bertz CT molecular complexity index is 873. The van der Waals surface area contributed by atoms with Crippen LogP contribution in [0.25, 0.3) is 0 Å². The zero-order valence-corrected chi connectivity index (χ0v) is 16.5. The lowest BCUT2D eigenvalue weighted by Crippen LogP contribution is -2.39. The number of Topliss-reactive ketones (excluding diaryl/α,β-unsaturated/α-hetero) is 1. The largest absolute Gasteiger partial charge is 0.456 e. The van der Waals surface area contributed by atoms with Gasteiger partial charge in [0.2, 0.25) is 5.91 Å². The first-order valence-corrected chi connectivity index (χ1v) is 9.28. The van der Waals surface area contributed by atoms with Crippen molar-refractivity contribution in [1.82, 2.24) is 10.6 Å². The zero-order chi connectivity index (χ0) is 21.2. The van der Waals surface area contributed by atoms with E-state index in [-0.39, 0.29) is 24.8 Å². The van der Waals surface area contributed by atoms with Gasteiger partial charge in [0.15, 0.2) is 12.4 Å². The lowest BCUT2D eigenvalue weighted by molar-refractivity contribution is -0.142. The number of aryl methyl sites for hydroxylation is 2. The highest BCUT2D eigenvalue weighted by Crippen LogP contribution is 2.06. The quantitative estimate of drug-likeness (QED) is 0.497. The van der Waals surface area contributed by atoms with Gasteiger partial charge in [-0.1, -0.05) is 48.9 Å². The van der Waals surface area contributed by atoms with Crippen LogP contribution < -0.4 is 10.6 Å². The lowest BCUT2D eigenvalue weighted by Gasteiger charge is -2.08. The molecule has 7 heteroatoms. The van der Waals surface area contributed by atoms with Crippen LogP contribution in [0.3, 0.4) is 0 Å². The fourth-order valence-corrected chi connectivity index (χ4v) is 2.41. The number of rotatable bonds is 9. The highest BCUT2D eigenvalue weighted by atomic mass is 16.5. The standard InChI is InChI=1S/C22H24N2O5/c1-3-16-6-10-17(11-7-16)19(25)14-29-21(27)13-23-20(26)12-24-22(28)18-8-4-15(2)5-9-18/h4-11H,3,12-14H2,1-2H3,(H,23,26)(H,24,28). The highest BCUT2D eigenvalue weighted by Gasteiger charge is 2.12. The zero-order valence-electron chi connectivity index (χ0n) is 16.5. The number of esters is 1. The van der Waals surface area contributed by atoms with Crippen LogP contribution in [-0.4, -0.2) is 43.3 Å². The third-order valence-electron chi connectivity index (χ3n) is 4.20. The van der Waals surface area contributed by atoms with Gasteiger partial charge < -0.3 is 15.4 Å². The van der Waals surface area contributed by atoms with Crippen molar-refractivity contribution in [2.24, 2.45) is 0 Å². The van der Waals surface area contributed by atoms with Crippen molar-refractivity contribution >= 4 is 23.6 Å². The fourth-order valence-electron chi connectivity index (χ4n) is 2.41. The summed E-state index contributed by atoms with van der Waals surface area (Å²) in [5, 5.41) is 4.80. The second-order valence-corrected chi connectivity index (χ2v) is 6.46. The van der Waals surface area contributed by atoms with E-state index in [1.54, 1.807) is 36.4 Å². The molecule has 7 nitrogen and oxygen atoms in total. The van der Waals surface area contributed by atoms with Crippen molar-refractivity contribution in [3.8, 4) is 0 Å². The summed E-state index contributed by atoms with van der Waals surface area (Å²) >= 11 is 0. The van der Waals surface area contributed by atoms with Crippen molar-refractivity contribution in [2.75, 3.05) is 19.7 Å². The Morgan fingerprint density at radius 1 is 0.828 bits per heavy atom. The molecule has 0 bridgehead atoms. The summed E-state index contributed by atoms with van der Waals surface area (Å²) < 4.78 is 4.88. The molecule has 0 aliphatic heterocycles. The summed E-state index contributed by atoms with van der Waals surface area (Å²) in [6.07, 6.45) is 0.870. The van der Waals surface area contributed by atoms with Crippen LogP contribution in [0.1, 0.15) is 38.8 Å². The first kappa shape index (κ1) is 21.8. The molecule has 0 aromatic heterocycles. The lowest BCUT2D eigenvalue weighted by atomic mass is 10.1. The molecule has 2 aromatic carbocycles. The van der Waals surface area contributed by atoms with Gasteiger partial charge in [-0.05, 0) is 31.0 Å². The minimum atomic E-state index is -0.735. The van der Waals surface area contributed by atoms with Crippen molar-refractivity contribution in [1.29, 1.82) is 0 Å². The number of carbonyl (C=O) groups excluding carboxylic acids is 4. The van der Waals surface area contributed by atoms with Crippen LogP contribution in [0, 0.1) is 6.92 Å². The number of benzene rings is 2. The molecule has 0 spiro atoms. The van der Waals surface area contributed by atoms with Gasteiger partial charge >= 0.3 is 5.97 Å². The Morgan fingerprint density at radius 2 is 1.45 bits per heavy atom. The molecule has 2 amide bonds. The maximum absolute atomic E-state index is 12.0. The Labute approximate surface area is 169 Å². The van der Waals surface area contributed by atoms with E-state index < -0.39 is 18.5 Å². The predicted molar refractivity (Wildman–Crippen MR) is 108 cm³/mol. The highest BCUT2D eigenvalue weighted by molar-refractivity contribution is 5.98. The summed E-state index contributed by atoms with van der Waals surface area (Å²) in [5.74, 6) is -1.98. The molecular formula is C22H24N2O5. The first-order valence-electron chi connectivity index (χ1n) is 9.28. The normalized spacial score (nSPS) is 10.1. The number of ketones is 1. The van der Waals surface area contributed by atoms with Gasteiger partial charge in [0.1, 0.15) is 6.54 Å². The molecular weight excluding hydrogens is 372 g/mol. The van der Waals surface area contributed by atoms with E-state index in [1.807, 2.05) is 26.0 Å². The fraction of sp³-hybridized carbons (Fsp3) is 0.273. The molecule has 0 unspecified atom stereocenters. The van der Waals surface area contributed by atoms with E-state index in [0.29, 0.717) is 11.1 Å². The van der Waals surface area contributed by atoms with E-state index in [1.165, 1.54) is 0 Å². The van der Waals surface area contributed by atoms with Crippen LogP contribution in [0.15, 0.2) is 48.5 Å². The smallest absolute Gasteiger partial charge is 0.325 e. The van der Waals surface area contributed by atoms with Crippen LogP contribution in [-0.2, 0) is 20.7 Å². The van der Waals surface area contributed by atoms with Gasteiger partial charge in [-0.25, -0.2) is 0 Å². The number of ether oxygens (including phenoxy) is 1. The minimum absolute atomic E-state index is 0.275. The van der Waals surface area contributed by atoms with Gasteiger partial charge in [0.05, 0.1) is 6.54 Å². The van der Waals surface area contributed by atoms with Crippen molar-refractivity contribution in [3.05, 3.63) is 70.8 Å². The van der Waals surface area contributed by atoms with Gasteiger partial charge in [-0.2, -0.15) is 0 Å². The summed E-state index contributed by atoms with van der Waals surface area (Å²) in [4.78, 5) is 47.4. The number of nitrogens with one attached hydrogen (secondary N) is 2. The average Bonchev–Trinajstić information content (AvgIpc) is 2.74. The predicted octanol–water partition coefficient (Wildman–Crippen LogP) is 1.83. The summed E-state index contributed by atoms with van der Waals surface area (Å²) in [6.45, 7) is 2.86. The van der Waals surface area contributed by atoms with Crippen LogP contribution in [0.2, 0.25) is 0 Å². The van der Waals surface area contributed by atoms with E-state index in [0.717, 1.165) is 17.5 Å². The Balaban J connectivity index is 1.67. The molecule has 152 valence electrons. The minimum Gasteiger partial charge on any atom is -0.456 e. The second-order valence-electron chi connectivity index (χ2n) is 6.46. The van der Waals surface area contributed by atoms with Gasteiger partial charge in [-0.3, -0.25) is 19.2 Å². The van der Waals surface area contributed by atoms with E-state index in [2.05, 4.69) is 10.6 Å². The number of amides is 2. The van der Waals surface area contributed by atoms with Crippen molar-refractivity contribution in [2.45, 2.75) is 20.3 Å². The Hall–Kier alpha value is -3.48. The van der Waals surface area contributed by atoms with Crippen molar-refractivity contribution in [3.63, 3.8) is 0 Å². The van der Waals surface area contributed by atoms with Gasteiger partial charge in [0.25, 0.3) is 5.91 Å². The topological polar surface area (TPSA) is 102 Å². The molecule has 0 saturated carbocycles. The van der Waals surface area contributed by atoms with E-state index in [9.17, 15) is 19.2 Å². The molecule has 0 heterocycles. The summed E-state index contributed by atoms with van der Waals surface area (Å²) in [7, 11) is 0. The van der Waals surface area contributed by atoms with E-state index >= 15 is 0 Å². The number of hydrogen-bond donors (Lipinski definition) is 2. The van der Waals surface area contributed by atoms with Gasteiger partial charge in [0, 0.05) is 11.1 Å². The number of carbonyl (C=O) groups is 4. The maximum Gasteiger partial charge on any atom is 0.325 e. The molecule has 0 atom stereocenters. The van der Waals surface area contributed by atoms with Crippen LogP contribution in [0.4, 0.5) is 0 Å². The van der Waals surface area contributed by atoms with E-state index in [4.69, 9.17) is 4.74 Å². The molecule has 29 heavy (non-hydrogen) atoms. The number of hydrogen-bond acceptors (Lipinski definition) is 5.